The highest BCUT2D eigenvalue weighted by Gasteiger charge is 2.24. The smallest absolute Gasteiger partial charge is 0.250 e. The van der Waals surface area contributed by atoms with Gasteiger partial charge < -0.3 is 15.6 Å². The van der Waals surface area contributed by atoms with E-state index >= 15 is 8.78 Å². The number of fused-ring (bicyclic) bond motifs is 1. The molecule has 4 aromatic rings. The van der Waals surface area contributed by atoms with Crippen LogP contribution in [0.4, 0.5) is 26.0 Å². The van der Waals surface area contributed by atoms with Crippen LogP contribution < -0.4 is 11.1 Å². The van der Waals surface area contributed by atoms with Gasteiger partial charge in [-0.1, -0.05) is 25.1 Å². The SMILES string of the molecule is C=C(C)C(=O)Nc1ccc(-c2c(-c3ccc(N=S4(=O)CCCCC4)c(F)c3)c3c(N)ncnc3n2C)cc1F. The summed E-state index contributed by atoms with van der Waals surface area (Å²) in [5.74, 6) is -0.668. The van der Waals surface area contributed by atoms with E-state index in [1.165, 1.54) is 37.5 Å². The van der Waals surface area contributed by atoms with E-state index in [1.807, 2.05) is 0 Å². The average molecular weight is 551 g/mol. The van der Waals surface area contributed by atoms with Gasteiger partial charge in [0.2, 0.25) is 0 Å². The lowest BCUT2D eigenvalue weighted by atomic mass is 9.98. The summed E-state index contributed by atoms with van der Waals surface area (Å²) in [5, 5.41) is 2.97. The van der Waals surface area contributed by atoms with Crippen LogP contribution in [0.15, 0.2) is 59.2 Å². The maximum absolute atomic E-state index is 15.4. The van der Waals surface area contributed by atoms with Crippen LogP contribution in [-0.2, 0) is 21.6 Å². The number of nitrogens with one attached hydrogen (secondary N) is 1. The highest BCUT2D eigenvalue weighted by Crippen LogP contribution is 2.43. The summed E-state index contributed by atoms with van der Waals surface area (Å²) in [6.45, 7) is 5.10. The van der Waals surface area contributed by atoms with E-state index in [9.17, 15) is 9.00 Å². The Kier molecular flexibility index (Phi) is 6.94. The standard InChI is InChI=1S/C28H28F2N6O2S/c1-16(2)28(37)34-21-9-8-18(14-19(21)29)25-23(24-26(31)32-15-33-27(24)36(25)3)17-7-10-22(20(30)13-17)35-39(38)11-5-4-6-12-39/h7-10,13-15H,1,4-6,11-12H2,2-3H3,(H,34,37)(H2,31,32,33). The summed E-state index contributed by atoms with van der Waals surface area (Å²) >= 11 is 0. The Hall–Kier alpha value is -4.12. The Morgan fingerprint density at radius 2 is 1.77 bits per heavy atom. The Balaban J connectivity index is 1.67. The molecule has 0 atom stereocenters. The van der Waals surface area contributed by atoms with Gasteiger partial charge in [0.25, 0.3) is 5.91 Å². The lowest BCUT2D eigenvalue weighted by Gasteiger charge is -2.15. The topological polar surface area (TPSA) is 115 Å². The summed E-state index contributed by atoms with van der Waals surface area (Å²) in [5.41, 5.74) is 8.96. The summed E-state index contributed by atoms with van der Waals surface area (Å²) < 4.78 is 49.7. The van der Waals surface area contributed by atoms with E-state index in [0.717, 1.165) is 19.3 Å². The molecule has 1 fully saturated rings. The number of carbonyl (C=O) groups excluding carboxylic acids is 1. The van der Waals surface area contributed by atoms with Crippen molar-refractivity contribution >= 4 is 43.9 Å². The van der Waals surface area contributed by atoms with Crippen LogP contribution in [0.5, 0.6) is 0 Å². The Bertz CT molecular complexity index is 1760. The minimum absolute atomic E-state index is 0.000124. The number of nitrogen functional groups attached to an aromatic ring is 1. The Labute approximate surface area is 225 Å². The van der Waals surface area contributed by atoms with Gasteiger partial charge in [0.05, 0.1) is 26.5 Å². The van der Waals surface area contributed by atoms with Gasteiger partial charge in [-0.2, -0.15) is 4.36 Å². The van der Waals surface area contributed by atoms with E-state index in [1.54, 1.807) is 23.7 Å². The zero-order chi connectivity index (χ0) is 27.9. The van der Waals surface area contributed by atoms with Crippen LogP contribution in [0.2, 0.25) is 0 Å². The number of nitrogens with zero attached hydrogens (tertiary/aromatic N) is 4. The fraction of sp³-hybridized carbons (Fsp3) is 0.250. The molecule has 0 saturated carbocycles. The second kappa shape index (κ2) is 10.2. The van der Waals surface area contributed by atoms with E-state index in [-0.39, 0.29) is 22.8 Å². The van der Waals surface area contributed by atoms with Crippen molar-refractivity contribution < 1.29 is 17.8 Å². The van der Waals surface area contributed by atoms with Gasteiger partial charge in [0.1, 0.15) is 35.1 Å². The van der Waals surface area contributed by atoms with Crippen LogP contribution in [0.1, 0.15) is 26.2 Å². The number of nitrogens with two attached hydrogens (primary N) is 1. The molecule has 1 saturated heterocycles. The molecular formula is C28H28F2N6O2S. The molecule has 0 radical (unpaired) electrons. The highest BCUT2D eigenvalue weighted by molar-refractivity contribution is 7.93. The summed E-state index contributed by atoms with van der Waals surface area (Å²) in [4.78, 5) is 20.5. The molecule has 39 heavy (non-hydrogen) atoms. The Morgan fingerprint density at radius 3 is 2.44 bits per heavy atom. The van der Waals surface area contributed by atoms with E-state index < -0.39 is 27.3 Å². The third-order valence-corrected chi connectivity index (χ3v) is 9.19. The van der Waals surface area contributed by atoms with Crippen LogP contribution in [0.3, 0.4) is 0 Å². The highest BCUT2D eigenvalue weighted by atomic mass is 32.2. The van der Waals surface area contributed by atoms with E-state index in [4.69, 9.17) is 5.73 Å². The number of rotatable bonds is 5. The Morgan fingerprint density at radius 1 is 1.08 bits per heavy atom. The first-order chi connectivity index (χ1) is 18.6. The quantitative estimate of drug-likeness (QED) is 0.298. The van der Waals surface area contributed by atoms with Gasteiger partial charge >= 0.3 is 0 Å². The normalized spacial score (nSPS) is 14.8. The fourth-order valence-electron chi connectivity index (χ4n) is 4.83. The molecule has 0 bridgehead atoms. The maximum Gasteiger partial charge on any atom is 0.250 e. The molecule has 0 spiro atoms. The van der Waals surface area contributed by atoms with Crippen molar-refractivity contribution in [3.63, 3.8) is 0 Å². The van der Waals surface area contributed by atoms with Gasteiger partial charge in [-0.3, -0.25) is 4.79 Å². The summed E-state index contributed by atoms with van der Waals surface area (Å²) in [6, 6.07) is 8.87. The number of anilines is 2. The number of amides is 1. The molecule has 1 aliphatic rings. The minimum Gasteiger partial charge on any atom is -0.383 e. The van der Waals surface area contributed by atoms with Gasteiger partial charge in [-0.05, 0) is 49.6 Å². The number of carbonyl (C=O) groups is 1. The first-order valence-electron chi connectivity index (χ1n) is 12.5. The molecule has 1 amide bonds. The number of hydrogen-bond donors (Lipinski definition) is 2. The number of halogens is 2. The second-order valence-corrected chi connectivity index (χ2v) is 12.2. The zero-order valence-corrected chi connectivity index (χ0v) is 22.4. The molecule has 3 N–H and O–H groups in total. The van der Waals surface area contributed by atoms with Crippen LogP contribution in [0, 0.1) is 11.6 Å². The summed E-state index contributed by atoms with van der Waals surface area (Å²) in [7, 11) is -0.745. The predicted octanol–water partition coefficient (Wildman–Crippen LogP) is 5.96. The molecule has 2 aromatic heterocycles. The van der Waals surface area contributed by atoms with Crippen LogP contribution in [0.25, 0.3) is 33.4 Å². The lowest BCUT2D eigenvalue weighted by molar-refractivity contribution is -0.112. The molecule has 11 heteroatoms. The van der Waals surface area contributed by atoms with Crippen molar-refractivity contribution in [1.82, 2.24) is 14.5 Å². The van der Waals surface area contributed by atoms with Crippen molar-refractivity contribution in [1.29, 1.82) is 0 Å². The summed E-state index contributed by atoms with van der Waals surface area (Å²) in [6.07, 6.45) is 3.95. The maximum atomic E-state index is 15.4. The second-order valence-electron chi connectivity index (χ2n) is 9.67. The first-order valence-corrected chi connectivity index (χ1v) is 14.3. The molecule has 2 aromatic carbocycles. The predicted molar refractivity (Wildman–Crippen MR) is 151 cm³/mol. The van der Waals surface area contributed by atoms with Crippen molar-refractivity contribution in [3.05, 3.63) is 66.5 Å². The van der Waals surface area contributed by atoms with Gasteiger partial charge in [0.15, 0.2) is 0 Å². The minimum atomic E-state index is -2.49. The monoisotopic (exact) mass is 550 g/mol. The van der Waals surface area contributed by atoms with Crippen LogP contribution >= 0.6 is 0 Å². The third-order valence-electron chi connectivity index (χ3n) is 6.80. The first kappa shape index (κ1) is 26.5. The number of hydrogen-bond acceptors (Lipinski definition) is 6. The molecule has 8 nitrogen and oxygen atoms in total. The molecular weight excluding hydrogens is 522 g/mol. The number of aromatic nitrogens is 3. The molecule has 5 rings (SSSR count). The lowest BCUT2D eigenvalue weighted by Crippen LogP contribution is -2.15. The number of benzene rings is 2. The van der Waals surface area contributed by atoms with E-state index in [0.29, 0.717) is 44.9 Å². The fourth-order valence-corrected chi connectivity index (χ4v) is 7.03. The van der Waals surface area contributed by atoms with Crippen molar-refractivity contribution in [2.45, 2.75) is 26.2 Å². The third kappa shape index (κ3) is 5.01. The number of aryl methyl sites for hydroxylation is 1. The average Bonchev–Trinajstić information content (AvgIpc) is 3.20. The molecule has 3 heterocycles. The van der Waals surface area contributed by atoms with Gasteiger partial charge in [0, 0.05) is 35.3 Å². The molecule has 202 valence electrons. The molecule has 1 aliphatic heterocycles. The zero-order valence-electron chi connectivity index (χ0n) is 21.6. The molecule has 0 aliphatic carbocycles. The van der Waals surface area contributed by atoms with E-state index in [2.05, 4.69) is 26.2 Å². The van der Waals surface area contributed by atoms with Crippen molar-refractivity contribution in [3.8, 4) is 22.4 Å². The van der Waals surface area contributed by atoms with Crippen LogP contribution in [-0.4, -0.2) is 36.2 Å². The van der Waals surface area contributed by atoms with Gasteiger partial charge in [-0.15, -0.1) is 0 Å². The van der Waals surface area contributed by atoms with Gasteiger partial charge in [-0.25, -0.2) is 23.0 Å². The molecule has 0 unspecified atom stereocenters. The van der Waals surface area contributed by atoms with Crippen molar-refractivity contribution in [2.75, 3.05) is 22.6 Å². The largest absolute Gasteiger partial charge is 0.383 e. The van der Waals surface area contributed by atoms with Crippen molar-refractivity contribution in [2.24, 2.45) is 11.4 Å².